The third kappa shape index (κ3) is 10.1. The van der Waals surface area contributed by atoms with Crippen molar-refractivity contribution in [1.82, 2.24) is 16.0 Å². The van der Waals surface area contributed by atoms with Crippen LogP contribution in [0.5, 0.6) is 0 Å². The van der Waals surface area contributed by atoms with Gasteiger partial charge in [0.05, 0.1) is 12.5 Å². The average Bonchev–Trinajstić information content (AvgIpc) is 2.68. The van der Waals surface area contributed by atoms with Crippen molar-refractivity contribution in [1.29, 1.82) is 0 Å². The minimum atomic E-state index is -1.52. The van der Waals surface area contributed by atoms with Crippen molar-refractivity contribution in [2.24, 2.45) is 23.5 Å². The van der Waals surface area contributed by atoms with Crippen LogP contribution >= 0.6 is 0 Å². The van der Waals surface area contributed by atoms with Crippen molar-refractivity contribution in [3.63, 3.8) is 0 Å². The molecule has 0 aromatic carbocycles. The van der Waals surface area contributed by atoms with Crippen LogP contribution in [-0.4, -0.2) is 64.0 Å². The summed E-state index contributed by atoms with van der Waals surface area (Å²) in [4.78, 5) is 60.6. The number of rotatable bonds is 14. The molecule has 0 aromatic rings. The van der Waals surface area contributed by atoms with Gasteiger partial charge < -0.3 is 31.9 Å². The molecular formula is C21H38N4O7. The Balaban J connectivity index is 5.59. The first-order valence-corrected chi connectivity index (χ1v) is 10.8. The molecule has 0 aromatic heterocycles. The lowest BCUT2D eigenvalue weighted by Crippen LogP contribution is -2.59. The molecule has 11 nitrogen and oxygen atoms in total. The Kier molecular flexibility index (Phi) is 12.5. The van der Waals surface area contributed by atoms with Gasteiger partial charge in [0.15, 0.2) is 0 Å². The van der Waals surface area contributed by atoms with E-state index in [2.05, 4.69) is 16.0 Å². The highest BCUT2D eigenvalue weighted by Crippen LogP contribution is 2.11. The van der Waals surface area contributed by atoms with Crippen molar-refractivity contribution < 1.29 is 34.2 Å². The molecule has 0 heterocycles. The average molecular weight is 459 g/mol. The quantitative estimate of drug-likeness (QED) is 0.211. The highest BCUT2D eigenvalue weighted by molar-refractivity contribution is 5.95. The molecule has 0 saturated heterocycles. The molecule has 184 valence electrons. The topological polar surface area (TPSA) is 188 Å². The molecule has 0 radical (unpaired) electrons. The first kappa shape index (κ1) is 29.3. The van der Waals surface area contributed by atoms with Crippen molar-refractivity contribution in [3.8, 4) is 0 Å². The summed E-state index contributed by atoms with van der Waals surface area (Å²) >= 11 is 0. The second kappa shape index (κ2) is 13.7. The van der Waals surface area contributed by atoms with Gasteiger partial charge in [0.25, 0.3) is 0 Å². The molecule has 3 amide bonds. The lowest BCUT2D eigenvalue weighted by molar-refractivity contribution is -0.144. The van der Waals surface area contributed by atoms with Gasteiger partial charge in [-0.15, -0.1) is 0 Å². The van der Waals surface area contributed by atoms with Crippen LogP contribution in [0.3, 0.4) is 0 Å². The van der Waals surface area contributed by atoms with Gasteiger partial charge in [0.1, 0.15) is 18.1 Å². The molecule has 5 unspecified atom stereocenters. The van der Waals surface area contributed by atoms with Gasteiger partial charge in [-0.25, -0.2) is 4.79 Å². The second-order valence-electron chi connectivity index (χ2n) is 8.83. The minimum Gasteiger partial charge on any atom is -0.481 e. The zero-order chi connectivity index (χ0) is 25.2. The number of nitrogens with two attached hydrogens (primary N) is 1. The molecule has 7 N–H and O–H groups in total. The van der Waals surface area contributed by atoms with Gasteiger partial charge in [0.2, 0.25) is 17.7 Å². The standard InChI is InChI=1S/C21H38N4O7/c1-7-12(6)17(25-19(29)16(22)11(4)5)20(30)23-13(9-15(26)27)18(28)24-14(21(31)32)8-10(2)3/h10-14,16-17H,7-9,22H2,1-6H3,(H,23,30)(H,24,28)(H,25,29)(H,26,27)(H,31,32). The van der Waals surface area contributed by atoms with Crippen LogP contribution in [0, 0.1) is 17.8 Å². The first-order valence-electron chi connectivity index (χ1n) is 10.8. The molecule has 0 saturated carbocycles. The fourth-order valence-electron chi connectivity index (χ4n) is 2.86. The van der Waals surface area contributed by atoms with Gasteiger partial charge in [-0.1, -0.05) is 48.0 Å². The summed E-state index contributed by atoms with van der Waals surface area (Å²) in [6.45, 7) is 10.6. The minimum absolute atomic E-state index is 0.0425. The van der Waals surface area contributed by atoms with Crippen LogP contribution in [0.15, 0.2) is 0 Å². The van der Waals surface area contributed by atoms with Gasteiger partial charge in [0, 0.05) is 0 Å². The van der Waals surface area contributed by atoms with Crippen LogP contribution < -0.4 is 21.7 Å². The highest BCUT2D eigenvalue weighted by atomic mass is 16.4. The number of amides is 3. The lowest BCUT2D eigenvalue weighted by Gasteiger charge is -2.28. The number of carboxylic acids is 2. The molecule has 0 fully saturated rings. The van der Waals surface area contributed by atoms with E-state index >= 15 is 0 Å². The van der Waals surface area contributed by atoms with Crippen LogP contribution in [0.4, 0.5) is 0 Å². The molecule has 0 rings (SSSR count). The van der Waals surface area contributed by atoms with E-state index in [-0.39, 0.29) is 24.2 Å². The van der Waals surface area contributed by atoms with E-state index in [4.69, 9.17) is 5.73 Å². The molecule has 11 heteroatoms. The normalized spacial score (nSPS) is 15.9. The van der Waals surface area contributed by atoms with Crippen LogP contribution in [0.25, 0.3) is 0 Å². The number of carboxylic acid groups (broad SMARTS) is 2. The van der Waals surface area contributed by atoms with Crippen molar-refractivity contribution >= 4 is 29.7 Å². The largest absolute Gasteiger partial charge is 0.481 e. The van der Waals surface area contributed by atoms with E-state index in [0.717, 1.165) is 0 Å². The second-order valence-corrected chi connectivity index (χ2v) is 8.83. The van der Waals surface area contributed by atoms with Crippen molar-refractivity contribution in [2.45, 2.75) is 85.0 Å². The Morgan fingerprint density at radius 1 is 0.812 bits per heavy atom. The number of nitrogens with one attached hydrogen (secondary N) is 3. The van der Waals surface area contributed by atoms with E-state index in [9.17, 15) is 34.2 Å². The molecule has 32 heavy (non-hydrogen) atoms. The summed E-state index contributed by atoms with van der Waals surface area (Å²) in [6, 6.07) is -4.65. The fourth-order valence-corrected chi connectivity index (χ4v) is 2.86. The molecule has 0 bridgehead atoms. The predicted octanol–water partition coefficient (Wildman–Crippen LogP) is 0.0756. The number of carbonyl (C=O) groups is 5. The van der Waals surface area contributed by atoms with Crippen molar-refractivity contribution in [2.75, 3.05) is 0 Å². The van der Waals surface area contributed by atoms with Crippen LogP contribution in [0.2, 0.25) is 0 Å². The zero-order valence-corrected chi connectivity index (χ0v) is 19.7. The summed E-state index contributed by atoms with van der Waals surface area (Å²) in [5, 5.41) is 25.7. The van der Waals surface area contributed by atoms with E-state index in [0.29, 0.717) is 6.42 Å². The van der Waals surface area contributed by atoms with E-state index in [1.807, 2.05) is 6.92 Å². The van der Waals surface area contributed by atoms with Gasteiger partial charge in [-0.05, 0) is 24.2 Å². The SMILES string of the molecule is CCC(C)C(NC(=O)C(N)C(C)C)C(=O)NC(CC(=O)O)C(=O)NC(CC(C)C)C(=O)O. The molecule has 0 aliphatic heterocycles. The van der Waals surface area contributed by atoms with Gasteiger partial charge >= 0.3 is 11.9 Å². The molecule has 0 spiro atoms. The Labute approximate surface area is 188 Å². The Morgan fingerprint density at radius 2 is 1.34 bits per heavy atom. The maximum Gasteiger partial charge on any atom is 0.326 e. The third-order valence-corrected chi connectivity index (χ3v) is 5.15. The highest BCUT2D eigenvalue weighted by Gasteiger charge is 2.33. The summed E-state index contributed by atoms with van der Waals surface area (Å²) in [5.74, 6) is -5.38. The molecular weight excluding hydrogens is 420 g/mol. The Hall–Kier alpha value is -2.69. The maximum atomic E-state index is 12.9. The summed E-state index contributed by atoms with van der Waals surface area (Å²) < 4.78 is 0. The molecule has 5 atom stereocenters. The van der Waals surface area contributed by atoms with Crippen molar-refractivity contribution in [3.05, 3.63) is 0 Å². The summed E-state index contributed by atoms with van der Waals surface area (Å²) in [6.07, 6.45) is -0.105. The molecule has 0 aliphatic rings. The maximum absolute atomic E-state index is 12.9. The van der Waals surface area contributed by atoms with Crippen LogP contribution in [0.1, 0.15) is 60.8 Å². The van der Waals surface area contributed by atoms with E-state index < -0.39 is 60.2 Å². The smallest absolute Gasteiger partial charge is 0.326 e. The summed E-state index contributed by atoms with van der Waals surface area (Å²) in [5.41, 5.74) is 5.85. The first-order chi connectivity index (χ1) is 14.7. The monoisotopic (exact) mass is 458 g/mol. The third-order valence-electron chi connectivity index (χ3n) is 5.15. The zero-order valence-electron chi connectivity index (χ0n) is 19.7. The van der Waals surface area contributed by atoms with E-state index in [1.165, 1.54) is 0 Å². The lowest BCUT2D eigenvalue weighted by atomic mass is 9.96. The fraction of sp³-hybridized carbons (Fsp3) is 0.762. The molecule has 0 aliphatic carbocycles. The number of hydrogen-bond donors (Lipinski definition) is 6. The van der Waals surface area contributed by atoms with Crippen LogP contribution in [-0.2, 0) is 24.0 Å². The number of aliphatic carboxylic acids is 2. The number of hydrogen-bond acceptors (Lipinski definition) is 6. The summed E-state index contributed by atoms with van der Waals surface area (Å²) in [7, 11) is 0. The van der Waals surface area contributed by atoms with E-state index in [1.54, 1.807) is 34.6 Å². The Bertz CT molecular complexity index is 681. The van der Waals surface area contributed by atoms with Gasteiger partial charge in [-0.2, -0.15) is 0 Å². The number of carbonyl (C=O) groups excluding carboxylic acids is 3. The van der Waals surface area contributed by atoms with Gasteiger partial charge in [-0.3, -0.25) is 19.2 Å². The Morgan fingerprint density at radius 3 is 1.75 bits per heavy atom. The predicted molar refractivity (Wildman–Crippen MR) is 117 cm³/mol.